The molecule has 4 heterocycles. The number of rotatable bonds is 5. The molecular weight excluding hydrogens is 649 g/mol. The minimum absolute atomic E-state index is 0.700. The van der Waals surface area contributed by atoms with Crippen molar-refractivity contribution in [1.29, 1.82) is 0 Å². The Balaban J connectivity index is 1.10. The van der Waals surface area contributed by atoms with Gasteiger partial charge < -0.3 is 0 Å². The van der Waals surface area contributed by atoms with Gasteiger partial charge in [0, 0.05) is 0 Å². The van der Waals surface area contributed by atoms with Crippen molar-refractivity contribution >= 4 is 40.3 Å². The molecule has 0 atom stereocenters. The maximum absolute atomic E-state index is 5.21. The van der Waals surface area contributed by atoms with Crippen molar-refractivity contribution < 1.29 is 0 Å². The van der Waals surface area contributed by atoms with Gasteiger partial charge in [0.15, 0.2) is 0 Å². The summed E-state index contributed by atoms with van der Waals surface area (Å²) in [6.07, 6.45) is 3.95. The van der Waals surface area contributed by atoms with Gasteiger partial charge >= 0.3 is 299 Å². The van der Waals surface area contributed by atoms with E-state index in [1.54, 1.807) is 0 Å². The molecule has 0 amide bonds. The number of nitrogens with zero attached hydrogens (tertiary/aromatic N) is 4. The first kappa shape index (κ1) is 30.4. The topological polar surface area (TPSA) is 43.6 Å². The van der Waals surface area contributed by atoms with Gasteiger partial charge in [-0.05, 0) is 0 Å². The van der Waals surface area contributed by atoms with E-state index in [4.69, 9.17) is 15.0 Å². The van der Waals surface area contributed by atoms with Gasteiger partial charge in [-0.2, -0.15) is 0 Å². The van der Waals surface area contributed by atoms with Crippen molar-refractivity contribution in [2.45, 2.75) is 13.1 Å². The summed E-state index contributed by atoms with van der Waals surface area (Å²) in [4.78, 5) is 15.2. The molecule has 0 bridgehead atoms. The van der Waals surface area contributed by atoms with Crippen molar-refractivity contribution in [3.05, 3.63) is 170 Å². The van der Waals surface area contributed by atoms with Gasteiger partial charge in [0.2, 0.25) is 0 Å². The second-order valence-corrected chi connectivity index (χ2v) is 19.4. The van der Waals surface area contributed by atoms with Crippen LogP contribution in [0, 0.1) is 0 Å². The molecule has 1 aliphatic rings. The predicted molar refractivity (Wildman–Crippen MR) is 219 cm³/mol. The van der Waals surface area contributed by atoms with Crippen LogP contribution in [0.2, 0.25) is 13.1 Å². The zero-order chi connectivity index (χ0) is 34.8. The number of aromatic nitrogens is 4. The third kappa shape index (κ3) is 4.70. The van der Waals surface area contributed by atoms with Gasteiger partial charge in [-0.25, -0.2) is 0 Å². The Morgan fingerprint density at radius 2 is 1.12 bits per heavy atom. The quantitative estimate of drug-likeness (QED) is 0.170. The molecule has 10 rings (SSSR count). The number of hydrogen-bond acceptors (Lipinski definition) is 3. The Hall–Kier alpha value is -6.43. The summed E-state index contributed by atoms with van der Waals surface area (Å²) in [5, 5.41) is 5.43. The van der Waals surface area contributed by atoms with E-state index in [0.29, 0.717) is 5.82 Å². The maximum atomic E-state index is 5.21. The fourth-order valence-corrected chi connectivity index (χ4v) is 12.4. The second-order valence-electron chi connectivity index (χ2n) is 14.4. The van der Waals surface area contributed by atoms with Crippen molar-refractivity contribution in [1.82, 2.24) is 19.5 Å². The monoisotopic (exact) mass is 683 g/mol. The SMILES string of the molecule is C[SiH-]1(C)c2ccc(-n3c4ccccc4c4ccccc43)cc2-c2ccnc(-c3cccc(-c4ncc(-c5ccccc5)c(-c5ccccc5)n4)c3)c21. The summed E-state index contributed by atoms with van der Waals surface area (Å²) < 4.78 is 2.42. The fraction of sp³-hybridized carbons (Fsp3) is 0.0426. The molecule has 248 valence electrons. The van der Waals surface area contributed by atoms with Gasteiger partial charge in [-0.1, -0.05) is 6.07 Å². The number of pyridine rings is 1. The molecule has 5 heteroatoms. The van der Waals surface area contributed by atoms with Gasteiger partial charge in [0.25, 0.3) is 0 Å². The number of benzene rings is 6. The van der Waals surface area contributed by atoms with Crippen molar-refractivity contribution in [2.24, 2.45) is 0 Å². The van der Waals surface area contributed by atoms with Crippen molar-refractivity contribution in [3.8, 4) is 61.8 Å². The number of hydrogen-bond donors (Lipinski definition) is 0. The van der Waals surface area contributed by atoms with E-state index in [9.17, 15) is 0 Å². The van der Waals surface area contributed by atoms with E-state index >= 15 is 0 Å². The molecule has 0 N–H and O–H groups in total. The first-order valence-electron chi connectivity index (χ1n) is 18.0. The molecule has 0 fully saturated rings. The van der Waals surface area contributed by atoms with E-state index in [-0.39, 0.29) is 0 Å². The summed E-state index contributed by atoms with van der Waals surface area (Å²) in [6.45, 7) is 4.98. The van der Waals surface area contributed by atoms with Gasteiger partial charge in [0.05, 0.1) is 0 Å². The Kier molecular flexibility index (Phi) is 6.91. The molecule has 0 radical (unpaired) electrons. The van der Waals surface area contributed by atoms with Crippen LogP contribution in [0.25, 0.3) is 83.6 Å². The third-order valence-corrected chi connectivity index (χ3v) is 15.1. The zero-order valence-electron chi connectivity index (χ0n) is 29.0. The molecule has 0 saturated carbocycles. The standard InChI is InChI=1S/C47H35N4Si/c1-52(2)43-25-24-35(51-41-22-11-9-20-36(41)37-21-10-12-23-42(37)51)29-39(43)38-26-27-48-45(46(38)52)33-18-13-19-34(28-33)47-49-30-40(31-14-5-3-6-15-31)44(50-47)32-16-7-4-8-17-32/h3-30,52H,1-2H3/q-1. The van der Waals surface area contributed by atoms with E-state index in [1.807, 2.05) is 24.5 Å². The minimum atomic E-state index is -2.50. The molecule has 4 nitrogen and oxygen atoms in total. The van der Waals surface area contributed by atoms with Gasteiger partial charge in [-0.3, -0.25) is 0 Å². The molecular formula is C47H35N4Si-. The summed E-state index contributed by atoms with van der Waals surface area (Å²) in [5.41, 5.74) is 13.5. The second kappa shape index (κ2) is 11.8. The molecule has 0 unspecified atom stereocenters. The average molecular weight is 684 g/mol. The third-order valence-electron chi connectivity index (χ3n) is 11.0. The molecule has 0 spiro atoms. The van der Waals surface area contributed by atoms with Crippen molar-refractivity contribution in [3.63, 3.8) is 0 Å². The summed E-state index contributed by atoms with van der Waals surface area (Å²) in [7, 11) is -2.50. The van der Waals surface area contributed by atoms with E-state index in [2.05, 4.69) is 163 Å². The van der Waals surface area contributed by atoms with Crippen LogP contribution in [-0.4, -0.2) is 27.6 Å². The van der Waals surface area contributed by atoms with Gasteiger partial charge in [-0.15, -0.1) is 0 Å². The van der Waals surface area contributed by atoms with Crippen molar-refractivity contribution in [2.75, 3.05) is 0 Å². The zero-order valence-corrected chi connectivity index (χ0v) is 30.2. The molecule has 0 saturated heterocycles. The molecule has 0 aliphatic carbocycles. The van der Waals surface area contributed by atoms with Gasteiger partial charge in [0.1, 0.15) is 0 Å². The average Bonchev–Trinajstić information content (AvgIpc) is 3.66. The number of fused-ring (bicyclic) bond motifs is 6. The summed E-state index contributed by atoms with van der Waals surface area (Å²) in [5.74, 6) is 0.700. The first-order chi connectivity index (χ1) is 25.6. The Morgan fingerprint density at radius 1 is 0.481 bits per heavy atom. The predicted octanol–water partition coefficient (Wildman–Crippen LogP) is 10.2. The van der Waals surface area contributed by atoms with Crippen LogP contribution in [0.1, 0.15) is 0 Å². The summed E-state index contributed by atoms with van der Waals surface area (Å²) in [6, 6.07) is 56.2. The van der Waals surface area contributed by atoms with Crippen LogP contribution < -0.4 is 10.4 Å². The van der Waals surface area contributed by atoms with Crippen LogP contribution in [0.15, 0.2) is 170 Å². The molecule has 1 aliphatic heterocycles. The van der Waals surface area contributed by atoms with Crippen LogP contribution >= 0.6 is 0 Å². The Bertz CT molecular complexity index is 2770. The van der Waals surface area contributed by atoms with Crippen LogP contribution in [0.4, 0.5) is 0 Å². The molecule has 6 aromatic carbocycles. The molecule has 52 heavy (non-hydrogen) atoms. The van der Waals surface area contributed by atoms with E-state index in [1.165, 1.54) is 49.0 Å². The van der Waals surface area contributed by atoms with E-state index in [0.717, 1.165) is 39.2 Å². The van der Waals surface area contributed by atoms with Crippen LogP contribution in [0.5, 0.6) is 0 Å². The fourth-order valence-electron chi connectivity index (χ4n) is 8.54. The Labute approximate surface area is 303 Å². The number of para-hydroxylation sites is 2. The van der Waals surface area contributed by atoms with Crippen LogP contribution in [0.3, 0.4) is 0 Å². The van der Waals surface area contributed by atoms with Crippen LogP contribution in [-0.2, 0) is 0 Å². The molecule has 9 aromatic rings. The normalized spacial score (nSPS) is 13.6. The first-order valence-corrected chi connectivity index (χ1v) is 21.5. The van der Waals surface area contributed by atoms with E-state index < -0.39 is 8.07 Å². The Morgan fingerprint density at radius 3 is 1.85 bits per heavy atom. The molecule has 3 aromatic heterocycles. The summed E-state index contributed by atoms with van der Waals surface area (Å²) >= 11 is 0.